The van der Waals surface area contributed by atoms with E-state index in [1.165, 1.54) is 119 Å². The quantitative estimate of drug-likeness (QED) is 0.117. The number of rotatable bonds is 12. The van der Waals surface area contributed by atoms with Crippen LogP contribution in [0.25, 0.3) is 282 Å². The molecule has 0 unspecified atom stereocenters. The van der Waals surface area contributed by atoms with Gasteiger partial charge in [0.15, 0.2) is 52.4 Å². The van der Waals surface area contributed by atoms with E-state index in [1.54, 1.807) is 0 Å². The zero-order valence-electron chi connectivity index (χ0n) is 79.4. The van der Waals surface area contributed by atoms with E-state index in [9.17, 15) is 0 Å². The van der Waals surface area contributed by atoms with Gasteiger partial charge < -0.3 is 13.7 Å². The van der Waals surface area contributed by atoms with E-state index in [-0.39, 0.29) is 0 Å². The third-order valence-corrected chi connectivity index (χ3v) is 28.8. The van der Waals surface area contributed by atoms with Crippen LogP contribution in [0.5, 0.6) is 0 Å². The Morgan fingerprint density at radius 2 is 0.327 bits per heavy atom. The molecule has 6 aromatic heterocycles. The van der Waals surface area contributed by atoms with Crippen LogP contribution in [-0.2, 0) is 0 Å². The number of benzene rings is 24. The van der Waals surface area contributed by atoms with Crippen LogP contribution in [0.4, 0.5) is 0 Å². The molecule has 12 heteroatoms. The summed E-state index contributed by atoms with van der Waals surface area (Å²) >= 11 is 0. The minimum absolute atomic E-state index is 0.636. The number of nitrogens with zero attached hydrogens (tertiary/aromatic N) is 12. The van der Waals surface area contributed by atoms with Crippen molar-refractivity contribution in [2.45, 2.75) is 0 Å². The van der Waals surface area contributed by atoms with E-state index in [0.29, 0.717) is 52.4 Å². The van der Waals surface area contributed by atoms with Crippen LogP contribution < -0.4 is 0 Å². The summed E-state index contributed by atoms with van der Waals surface area (Å²) in [7, 11) is 0. The Hall–Kier alpha value is -20.0. The van der Waals surface area contributed by atoms with Crippen molar-refractivity contribution in [3.05, 3.63) is 510 Å². The lowest BCUT2D eigenvalue weighted by Gasteiger charge is -2.15. The van der Waals surface area contributed by atoms with Crippen LogP contribution in [-0.4, -0.2) is 58.6 Å². The lowest BCUT2D eigenvalue weighted by atomic mass is 10.00. The normalized spacial score (nSPS) is 11.7. The first-order valence-corrected chi connectivity index (χ1v) is 49.6. The molecule has 0 fully saturated rings. The van der Waals surface area contributed by atoms with Gasteiger partial charge in [-0.2, -0.15) is 0 Å². The molecule has 0 saturated heterocycles. The summed E-state index contributed by atoms with van der Waals surface area (Å²) in [5.74, 6) is 5.83. The fourth-order valence-corrected chi connectivity index (χ4v) is 22.2. The van der Waals surface area contributed by atoms with Gasteiger partial charge in [-0.25, -0.2) is 44.9 Å². The second kappa shape index (κ2) is 35.7. The summed E-state index contributed by atoms with van der Waals surface area (Å²) in [5, 5.41) is 29.3. The number of hydrogen-bond acceptors (Lipinski definition) is 9. The molecule has 0 bridgehead atoms. The third-order valence-electron chi connectivity index (χ3n) is 28.8. The fourth-order valence-electron chi connectivity index (χ4n) is 22.2. The molecule has 0 spiro atoms. The Bertz CT molecular complexity index is 9710. The van der Waals surface area contributed by atoms with Crippen LogP contribution >= 0.6 is 0 Å². The number of hydrogen-bond donors (Lipinski definition) is 0. The van der Waals surface area contributed by atoms with Gasteiger partial charge in [0.05, 0.1) is 50.2 Å². The molecule has 12 nitrogen and oxygen atoms in total. The monoisotopic (exact) mass is 1870 g/mol. The standard InChI is InChI=1S/3C45H28N4/c1-3-15-31(16-4-1)43-46-44(32-17-5-2-6-18-32)48-45(47-43)34-27-33-19-9-10-20-35(33)40(28-34)49-38-25-23-29-13-7-11-21-36(29)41(38)42-37-22-12-8-14-30(37)24-26-39(42)49;1-3-15-31(16-4-1)43-46-44(32-17-5-2-6-18-32)48-45(47-43)37-23-11-22-36-35(37)21-12-24-38(36)49-39-27-25-29-13-7-9-19-33(29)41(39)42-34-20-10-8-14-30(34)26-28-40(42)49;1-3-15-31(16-4-1)43-46-44(32-17-5-2-6-18-32)48-45(47-43)37-25-28-38(36-22-12-11-21-35(36)37)49-39-26-23-29-13-7-9-19-33(29)41(39)42-34-20-10-8-14-30(34)24-27-40(42)49/h3*1-28H. The second-order valence-corrected chi connectivity index (χ2v) is 37.3. The Labute approximate surface area is 844 Å². The summed E-state index contributed by atoms with van der Waals surface area (Å²) in [6, 6.07) is 179. The first kappa shape index (κ1) is 85.1. The molecule has 147 heavy (non-hydrogen) atoms. The second-order valence-electron chi connectivity index (χ2n) is 37.3. The molecule has 684 valence electrons. The van der Waals surface area contributed by atoms with Gasteiger partial charge >= 0.3 is 0 Å². The smallest absolute Gasteiger partial charge is 0.164 e. The van der Waals surface area contributed by atoms with Crippen molar-refractivity contribution in [2.75, 3.05) is 0 Å². The summed E-state index contributed by atoms with van der Waals surface area (Å²) in [6.07, 6.45) is 0. The fraction of sp³-hybridized carbons (Fsp3) is 0. The molecule has 6 heterocycles. The SMILES string of the molecule is c1ccc(-c2nc(-c3ccccc3)nc(-c3cc(-n4c5ccc6ccccc6c5c5c6ccccc6ccc54)c4ccccc4c3)n2)cc1.c1ccc(-c2nc(-c3ccccc3)nc(-c3ccc(-n4c5ccc6ccccc6c5c5c6ccccc6ccc54)c4ccccc34)n2)cc1.c1ccc(-c2nc(-c3ccccc3)nc(-c3cccc4c(-n5c6ccc7ccccc7c6c6c7ccccc7ccc65)cccc34)n2)cc1. The Balaban J connectivity index is 0.000000107. The summed E-state index contributed by atoms with van der Waals surface area (Å²) in [5.41, 5.74) is 18.9. The maximum Gasteiger partial charge on any atom is 0.164 e. The topological polar surface area (TPSA) is 131 Å². The van der Waals surface area contributed by atoms with E-state index >= 15 is 0 Å². The van der Waals surface area contributed by atoms with Gasteiger partial charge in [-0.1, -0.05) is 443 Å². The molecule has 24 aromatic carbocycles. The Morgan fingerprint density at radius 3 is 0.633 bits per heavy atom. The van der Waals surface area contributed by atoms with Crippen LogP contribution in [0.1, 0.15) is 0 Å². The lowest BCUT2D eigenvalue weighted by molar-refractivity contribution is 1.07. The molecule has 30 aromatic rings. The maximum atomic E-state index is 5.10. The highest BCUT2D eigenvalue weighted by Gasteiger charge is 2.27. The van der Waals surface area contributed by atoms with Gasteiger partial charge in [0, 0.05) is 98.5 Å². The number of aromatic nitrogens is 12. The molecule has 0 N–H and O–H groups in total. The van der Waals surface area contributed by atoms with Crippen molar-refractivity contribution >= 4 is 162 Å². The van der Waals surface area contributed by atoms with Crippen molar-refractivity contribution in [3.63, 3.8) is 0 Å². The predicted molar refractivity (Wildman–Crippen MR) is 609 cm³/mol. The maximum absolute atomic E-state index is 5.10. The minimum Gasteiger partial charge on any atom is -0.309 e. The summed E-state index contributed by atoms with van der Waals surface area (Å²) in [6.45, 7) is 0. The molecule has 0 saturated carbocycles. The van der Waals surface area contributed by atoms with Crippen molar-refractivity contribution in [1.82, 2.24) is 58.6 Å². The van der Waals surface area contributed by atoms with E-state index in [2.05, 4.69) is 341 Å². The van der Waals surface area contributed by atoms with E-state index in [0.717, 1.165) is 110 Å². The van der Waals surface area contributed by atoms with Crippen LogP contribution in [0, 0.1) is 0 Å². The zero-order valence-corrected chi connectivity index (χ0v) is 79.4. The van der Waals surface area contributed by atoms with Crippen molar-refractivity contribution in [3.8, 4) is 120 Å². The van der Waals surface area contributed by atoms with Crippen molar-refractivity contribution in [1.29, 1.82) is 0 Å². The average molecular weight is 1870 g/mol. The molecular formula is C135H84N12. The highest BCUT2D eigenvalue weighted by atomic mass is 15.1. The molecule has 0 atom stereocenters. The summed E-state index contributed by atoms with van der Waals surface area (Å²) in [4.78, 5) is 45.3. The van der Waals surface area contributed by atoms with Gasteiger partial charge in [-0.3, -0.25) is 0 Å². The first-order valence-electron chi connectivity index (χ1n) is 49.6. The van der Waals surface area contributed by atoms with Crippen LogP contribution in [0.15, 0.2) is 510 Å². The largest absolute Gasteiger partial charge is 0.309 e. The van der Waals surface area contributed by atoms with E-state index in [1.807, 2.05) is 182 Å². The first-order chi connectivity index (χ1) is 72.9. The van der Waals surface area contributed by atoms with E-state index < -0.39 is 0 Å². The highest BCUT2D eigenvalue weighted by molar-refractivity contribution is 6.32. The molecular weight excluding hydrogens is 1790 g/mol. The van der Waals surface area contributed by atoms with Gasteiger partial charge in [0.2, 0.25) is 0 Å². The molecule has 0 radical (unpaired) electrons. The molecule has 0 aliphatic rings. The third kappa shape index (κ3) is 14.7. The molecule has 0 amide bonds. The van der Waals surface area contributed by atoms with Gasteiger partial charge in [-0.15, -0.1) is 0 Å². The highest BCUT2D eigenvalue weighted by Crippen LogP contribution is 2.49. The van der Waals surface area contributed by atoms with Crippen LogP contribution in [0.2, 0.25) is 0 Å². The van der Waals surface area contributed by atoms with Gasteiger partial charge in [0.25, 0.3) is 0 Å². The molecule has 0 aliphatic carbocycles. The minimum atomic E-state index is 0.636. The van der Waals surface area contributed by atoms with Crippen molar-refractivity contribution in [2.24, 2.45) is 0 Å². The average Bonchev–Trinajstić information content (AvgIpc) is 1.56. The molecule has 30 rings (SSSR count). The van der Waals surface area contributed by atoms with E-state index in [4.69, 9.17) is 44.9 Å². The molecule has 0 aliphatic heterocycles. The summed E-state index contributed by atoms with van der Waals surface area (Å²) < 4.78 is 7.31. The van der Waals surface area contributed by atoms with Gasteiger partial charge in [0.1, 0.15) is 0 Å². The Morgan fingerprint density at radius 1 is 0.116 bits per heavy atom. The zero-order chi connectivity index (χ0) is 96.9. The predicted octanol–water partition coefficient (Wildman–Crippen LogP) is 34.3. The number of fused-ring (bicyclic) bond motifs is 24. The van der Waals surface area contributed by atoms with Crippen molar-refractivity contribution < 1.29 is 0 Å². The van der Waals surface area contributed by atoms with Crippen LogP contribution in [0.3, 0.4) is 0 Å². The Kier molecular flexibility index (Phi) is 20.6. The van der Waals surface area contributed by atoms with Gasteiger partial charge in [-0.05, 0) is 148 Å². The lowest BCUT2D eigenvalue weighted by Crippen LogP contribution is -2.01.